The van der Waals surface area contributed by atoms with Gasteiger partial charge in [-0.25, -0.2) is 4.39 Å². The van der Waals surface area contributed by atoms with Crippen molar-refractivity contribution in [2.45, 2.75) is 62.3 Å². The number of fused-ring (bicyclic) bond motifs is 4. The maximum atomic E-state index is 15.3. The molecule has 6 atom stereocenters. The first kappa shape index (κ1) is 33.9. The summed E-state index contributed by atoms with van der Waals surface area (Å²) in [5.74, 6) is -5.88. The average Bonchev–Trinajstić information content (AvgIpc) is 3.51. The van der Waals surface area contributed by atoms with E-state index in [1.54, 1.807) is 36.4 Å². The molecule has 4 amide bonds. The van der Waals surface area contributed by atoms with Crippen LogP contribution in [0, 0.1) is 29.5 Å². The Balaban J connectivity index is 1.34. The fourth-order valence-electron chi connectivity index (χ4n) is 9.69. The summed E-state index contributed by atoms with van der Waals surface area (Å²) in [6.07, 6.45) is 6.88. The number of aromatic hydroxyl groups is 1. The Bertz CT molecular complexity index is 1980. The minimum absolute atomic E-state index is 0.113. The summed E-state index contributed by atoms with van der Waals surface area (Å²) in [6.45, 7) is 0. The van der Waals surface area contributed by atoms with Crippen LogP contribution in [0.2, 0.25) is 5.02 Å². The molecule has 2 aliphatic heterocycles. The monoisotopic (exact) mass is 775 g/mol. The average molecular weight is 777 g/mol. The van der Waals surface area contributed by atoms with Crippen molar-refractivity contribution >= 4 is 56.8 Å². The summed E-state index contributed by atoms with van der Waals surface area (Å²) in [5.41, 5.74) is 3.19. The predicted octanol–water partition coefficient (Wildman–Crippen LogP) is 7.27. The molecule has 3 aromatic rings. The van der Waals surface area contributed by atoms with E-state index in [-0.39, 0.29) is 42.2 Å². The van der Waals surface area contributed by atoms with Gasteiger partial charge in [0.25, 0.3) is 11.8 Å². The van der Waals surface area contributed by atoms with E-state index in [1.165, 1.54) is 36.3 Å². The number of rotatable bonds is 6. The number of benzene rings is 3. The number of hydrogen-bond donors (Lipinski definition) is 2. The SMILES string of the molecule is COc1cc(Br)cc([C@H]2C3=CC[C@@H]4C(=O)N(C5CCCCC5)C(=O)[C@@H]4[C@@H]3C[C@H]3C(=O)N(Nc4ccc(F)cc4)C(=O)[C@@]23c2ccc(Cl)cc2)c1O. The van der Waals surface area contributed by atoms with Gasteiger partial charge in [0.15, 0.2) is 11.5 Å². The largest absolute Gasteiger partial charge is 0.504 e. The molecule has 51 heavy (non-hydrogen) atoms. The van der Waals surface area contributed by atoms with Gasteiger partial charge in [0.2, 0.25) is 11.8 Å². The standard InChI is InChI=1S/C39H36BrClFN3O6/c1-51-31-18-21(40)17-29(34(31)46)33-26-15-16-27-32(37(49)44(35(27)47)25-5-3-2-4-6-25)28(26)19-30-36(48)45(43-24-13-11-23(42)12-14-24)38(50)39(30,33)20-7-9-22(41)10-8-20/h7-15,17-18,25,27-28,30,32-33,43,46H,2-6,16,19H2,1H3/t27-,28+,30-,32-,33+,39+/m0/s1. The number of methoxy groups -OCH3 is 1. The smallest absolute Gasteiger partial charge is 0.260 e. The van der Waals surface area contributed by atoms with Crippen molar-refractivity contribution in [3.05, 3.63) is 98.8 Å². The molecular weight excluding hydrogens is 741 g/mol. The molecule has 2 N–H and O–H groups in total. The zero-order valence-corrected chi connectivity index (χ0v) is 30.1. The molecule has 8 rings (SSSR count). The maximum Gasteiger partial charge on any atom is 0.260 e. The van der Waals surface area contributed by atoms with Crippen LogP contribution in [0.25, 0.3) is 0 Å². The van der Waals surface area contributed by atoms with Gasteiger partial charge in [-0.15, -0.1) is 0 Å². The highest BCUT2D eigenvalue weighted by atomic mass is 79.9. The molecule has 12 heteroatoms. The minimum atomic E-state index is -1.62. The quantitative estimate of drug-likeness (QED) is 0.200. The van der Waals surface area contributed by atoms with Gasteiger partial charge in [-0.1, -0.05) is 70.6 Å². The molecule has 264 valence electrons. The topological polar surface area (TPSA) is 116 Å². The number of nitrogens with one attached hydrogen (secondary N) is 1. The van der Waals surface area contributed by atoms with Gasteiger partial charge in [0.1, 0.15) is 5.82 Å². The predicted molar refractivity (Wildman–Crippen MR) is 190 cm³/mol. The number of imide groups is 2. The lowest BCUT2D eigenvalue weighted by Gasteiger charge is -2.50. The highest BCUT2D eigenvalue weighted by Gasteiger charge is 2.71. The first-order valence-corrected chi connectivity index (χ1v) is 18.5. The number of phenols is 1. The number of carbonyl (C=O) groups excluding carboxylic acids is 4. The molecule has 0 radical (unpaired) electrons. The van der Waals surface area contributed by atoms with Gasteiger partial charge in [-0.2, -0.15) is 5.01 Å². The molecule has 5 aliphatic rings. The van der Waals surface area contributed by atoms with Crippen LogP contribution in [0.1, 0.15) is 62.0 Å². The van der Waals surface area contributed by atoms with Crippen molar-refractivity contribution in [1.29, 1.82) is 0 Å². The lowest BCUT2D eigenvalue weighted by atomic mass is 9.49. The zero-order valence-electron chi connectivity index (χ0n) is 27.8. The summed E-state index contributed by atoms with van der Waals surface area (Å²) in [5, 5.41) is 13.3. The van der Waals surface area contributed by atoms with Crippen LogP contribution in [0.15, 0.2) is 76.8 Å². The maximum absolute atomic E-state index is 15.3. The Hall–Kier alpha value is -4.22. The van der Waals surface area contributed by atoms with E-state index >= 15 is 4.79 Å². The number of likely N-dealkylation sites (tertiary alicyclic amines) is 1. The first-order valence-electron chi connectivity index (χ1n) is 17.4. The third-order valence-corrected chi connectivity index (χ3v) is 12.5. The first-order chi connectivity index (χ1) is 24.6. The Morgan fingerprint density at radius 3 is 2.33 bits per heavy atom. The van der Waals surface area contributed by atoms with Gasteiger partial charge < -0.3 is 9.84 Å². The molecule has 2 saturated carbocycles. The molecule has 0 aromatic heterocycles. The minimum Gasteiger partial charge on any atom is -0.504 e. The van der Waals surface area contributed by atoms with Crippen LogP contribution >= 0.6 is 27.5 Å². The lowest BCUT2D eigenvalue weighted by molar-refractivity contribution is -0.144. The lowest BCUT2D eigenvalue weighted by Crippen LogP contribution is -2.53. The Kier molecular flexibility index (Phi) is 8.49. The number of nitrogens with zero attached hydrogens (tertiary/aromatic N) is 2. The van der Waals surface area contributed by atoms with Crippen LogP contribution in [0.5, 0.6) is 11.5 Å². The van der Waals surface area contributed by atoms with Crippen molar-refractivity contribution in [3.8, 4) is 11.5 Å². The molecule has 2 heterocycles. The fourth-order valence-corrected chi connectivity index (χ4v) is 10.3. The van der Waals surface area contributed by atoms with Gasteiger partial charge in [0, 0.05) is 27.0 Å². The third kappa shape index (κ3) is 5.13. The summed E-state index contributed by atoms with van der Waals surface area (Å²) >= 11 is 9.93. The van der Waals surface area contributed by atoms with Gasteiger partial charge in [-0.3, -0.25) is 29.5 Å². The number of phenolic OH excluding ortho intramolecular Hbond substituents is 1. The number of carbonyl (C=O) groups is 4. The van der Waals surface area contributed by atoms with Crippen LogP contribution in [-0.4, -0.2) is 51.8 Å². The molecule has 4 fully saturated rings. The number of allylic oxidation sites excluding steroid dienone is 2. The van der Waals surface area contributed by atoms with Gasteiger partial charge >= 0.3 is 0 Å². The summed E-state index contributed by atoms with van der Waals surface area (Å²) in [6, 6.07) is 15.3. The molecule has 0 bridgehead atoms. The van der Waals surface area contributed by atoms with E-state index in [9.17, 15) is 23.9 Å². The second-order valence-corrected chi connectivity index (χ2v) is 15.6. The Labute approximate surface area is 307 Å². The molecule has 0 unspecified atom stereocenters. The normalized spacial score (nSPS) is 29.1. The molecule has 9 nitrogen and oxygen atoms in total. The van der Waals surface area contributed by atoms with Crippen molar-refractivity contribution in [3.63, 3.8) is 0 Å². The second kappa shape index (κ2) is 12.8. The van der Waals surface area contributed by atoms with E-state index < -0.39 is 52.6 Å². The molecule has 0 spiro atoms. The van der Waals surface area contributed by atoms with Crippen molar-refractivity contribution in [1.82, 2.24) is 9.91 Å². The van der Waals surface area contributed by atoms with Crippen molar-refractivity contribution in [2.24, 2.45) is 23.7 Å². The molecule has 2 saturated heterocycles. The number of hydrazine groups is 1. The van der Waals surface area contributed by atoms with Crippen LogP contribution < -0.4 is 10.2 Å². The van der Waals surface area contributed by atoms with E-state index in [0.29, 0.717) is 31.9 Å². The Morgan fingerprint density at radius 1 is 0.941 bits per heavy atom. The summed E-state index contributed by atoms with van der Waals surface area (Å²) in [4.78, 5) is 60.1. The van der Waals surface area contributed by atoms with E-state index in [0.717, 1.165) is 37.1 Å². The number of hydrogen-bond acceptors (Lipinski definition) is 7. The van der Waals surface area contributed by atoms with Crippen LogP contribution in [0.4, 0.5) is 10.1 Å². The third-order valence-electron chi connectivity index (χ3n) is 11.8. The number of halogens is 3. The summed E-state index contributed by atoms with van der Waals surface area (Å²) in [7, 11) is 1.43. The van der Waals surface area contributed by atoms with Crippen LogP contribution in [0.3, 0.4) is 0 Å². The van der Waals surface area contributed by atoms with E-state index in [2.05, 4.69) is 21.4 Å². The number of anilines is 1. The Morgan fingerprint density at radius 2 is 1.65 bits per heavy atom. The number of amides is 4. The molecule has 3 aromatic carbocycles. The zero-order chi connectivity index (χ0) is 35.8. The highest BCUT2D eigenvalue weighted by Crippen LogP contribution is 2.65. The van der Waals surface area contributed by atoms with E-state index in [4.69, 9.17) is 16.3 Å². The second-order valence-electron chi connectivity index (χ2n) is 14.3. The van der Waals surface area contributed by atoms with Crippen molar-refractivity contribution < 1.29 is 33.4 Å². The van der Waals surface area contributed by atoms with Gasteiger partial charge in [0.05, 0.1) is 36.0 Å². The van der Waals surface area contributed by atoms with Crippen molar-refractivity contribution in [2.75, 3.05) is 12.5 Å². The summed E-state index contributed by atoms with van der Waals surface area (Å²) < 4.78 is 20.0. The van der Waals surface area contributed by atoms with Gasteiger partial charge in [-0.05, 0) is 85.7 Å². The molecule has 3 aliphatic carbocycles. The van der Waals surface area contributed by atoms with E-state index in [1.807, 2.05) is 6.08 Å². The number of ether oxygens (including phenoxy) is 1. The molecular formula is C39H36BrClFN3O6. The fraction of sp³-hybridized carbons (Fsp3) is 0.385. The van der Waals surface area contributed by atoms with Crippen LogP contribution in [-0.2, 0) is 24.6 Å². The highest BCUT2D eigenvalue weighted by molar-refractivity contribution is 9.10.